The normalized spacial score (nSPS) is 15.4. The number of hydrogen-bond acceptors (Lipinski definition) is 8. The van der Waals surface area contributed by atoms with Crippen molar-refractivity contribution < 1.29 is 19.0 Å². The number of methoxy groups -OCH3 is 2. The SMILES string of the molecule is CCOC(=O)C1=C(C)N=c2s/c(=C\c3cccnc3)c(=O)n2[C@H]1c1c(OC)ccc2ccc(OC)cc12. The molecular weight excluding hydrogens is 490 g/mol. The summed E-state index contributed by atoms with van der Waals surface area (Å²) in [5, 5.41) is 1.70. The summed E-state index contributed by atoms with van der Waals surface area (Å²) in [6.07, 6.45) is 5.14. The zero-order chi connectivity index (χ0) is 26.1. The van der Waals surface area contributed by atoms with Crippen molar-refractivity contribution in [2.24, 2.45) is 4.99 Å². The Morgan fingerprint density at radius 3 is 2.68 bits per heavy atom. The Bertz CT molecular complexity index is 1720. The second-order valence-electron chi connectivity index (χ2n) is 8.36. The van der Waals surface area contributed by atoms with E-state index in [0.29, 0.717) is 32.1 Å². The standard InChI is InChI=1S/C28H25N3O5S/c1-5-36-27(33)23-16(2)30-28-31(26(32)22(37-28)13-17-7-6-12-29-15-17)25(23)24-20-14-19(34-3)10-8-18(20)9-11-21(24)35-4/h6-15,25H,5H2,1-4H3/b22-13-/t25-/m1/s1. The number of aromatic nitrogens is 2. The van der Waals surface area contributed by atoms with Crippen LogP contribution in [0, 0.1) is 0 Å². The first kappa shape index (κ1) is 24.5. The van der Waals surface area contributed by atoms with Crippen molar-refractivity contribution >= 4 is 34.2 Å². The molecule has 4 aromatic rings. The number of nitrogens with zero attached hydrogens (tertiary/aromatic N) is 3. The van der Waals surface area contributed by atoms with Crippen molar-refractivity contribution in [3.8, 4) is 11.5 Å². The van der Waals surface area contributed by atoms with Gasteiger partial charge in [0, 0.05) is 18.0 Å². The maximum absolute atomic E-state index is 13.9. The summed E-state index contributed by atoms with van der Waals surface area (Å²) in [4.78, 5) is 36.5. The lowest BCUT2D eigenvalue weighted by Gasteiger charge is -2.27. The first-order valence-corrected chi connectivity index (χ1v) is 12.5. The van der Waals surface area contributed by atoms with Crippen LogP contribution in [0.15, 0.2) is 75.9 Å². The Morgan fingerprint density at radius 2 is 1.97 bits per heavy atom. The topological polar surface area (TPSA) is 92.0 Å². The Labute approximate surface area is 216 Å². The number of thiazole rings is 1. The lowest BCUT2D eigenvalue weighted by Crippen LogP contribution is -2.40. The molecule has 0 fully saturated rings. The summed E-state index contributed by atoms with van der Waals surface area (Å²) in [6, 6.07) is 12.3. The second kappa shape index (κ2) is 10.0. The summed E-state index contributed by atoms with van der Waals surface area (Å²) < 4.78 is 18.8. The molecule has 5 rings (SSSR count). The van der Waals surface area contributed by atoms with Gasteiger partial charge >= 0.3 is 5.97 Å². The van der Waals surface area contributed by atoms with Crippen LogP contribution in [0.25, 0.3) is 16.8 Å². The maximum Gasteiger partial charge on any atom is 0.338 e. The molecule has 0 bridgehead atoms. The number of fused-ring (bicyclic) bond motifs is 2. The van der Waals surface area contributed by atoms with Gasteiger partial charge in [-0.15, -0.1) is 0 Å². The summed E-state index contributed by atoms with van der Waals surface area (Å²) in [5.41, 5.74) is 1.95. The van der Waals surface area contributed by atoms with E-state index in [0.717, 1.165) is 16.3 Å². The molecule has 37 heavy (non-hydrogen) atoms. The van der Waals surface area contributed by atoms with Gasteiger partial charge in [-0.05, 0) is 60.5 Å². The molecule has 2 aromatic heterocycles. The molecule has 1 aliphatic rings. The fraction of sp³-hybridized carbons (Fsp3) is 0.214. The van der Waals surface area contributed by atoms with E-state index >= 15 is 0 Å². The third-order valence-corrected chi connectivity index (χ3v) is 7.21. The molecular formula is C28H25N3O5S. The van der Waals surface area contributed by atoms with E-state index in [1.165, 1.54) is 11.3 Å². The first-order valence-electron chi connectivity index (χ1n) is 11.7. The van der Waals surface area contributed by atoms with E-state index in [1.54, 1.807) is 51.1 Å². The minimum Gasteiger partial charge on any atom is -0.497 e. The van der Waals surface area contributed by atoms with Crippen molar-refractivity contribution in [3.05, 3.63) is 96.9 Å². The molecule has 9 heteroatoms. The highest BCUT2D eigenvalue weighted by molar-refractivity contribution is 7.07. The zero-order valence-corrected chi connectivity index (χ0v) is 21.7. The van der Waals surface area contributed by atoms with Crippen LogP contribution in [-0.4, -0.2) is 36.3 Å². The summed E-state index contributed by atoms with van der Waals surface area (Å²) in [6.45, 7) is 3.69. The highest BCUT2D eigenvalue weighted by Gasteiger charge is 2.36. The summed E-state index contributed by atoms with van der Waals surface area (Å²) in [5.74, 6) is 0.644. The van der Waals surface area contributed by atoms with Gasteiger partial charge < -0.3 is 14.2 Å². The van der Waals surface area contributed by atoms with Crippen molar-refractivity contribution in [2.45, 2.75) is 19.9 Å². The van der Waals surface area contributed by atoms with Gasteiger partial charge in [0.1, 0.15) is 17.5 Å². The van der Waals surface area contributed by atoms with E-state index in [2.05, 4.69) is 9.98 Å². The quantitative estimate of drug-likeness (QED) is 0.366. The van der Waals surface area contributed by atoms with Crippen molar-refractivity contribution in [1.82, 2.24) is 9.55 Å². The predicted octanol–water partition coefficient (Wildman–Crippen LogP) is 3.36. The minimum absolute atomic E-state index is 0.189. The Balaban J connectivity index is 1.88. The Kier molecular flexibility index (Phi) is 6.62. The van der Waals surface area contributed by atoms with Crippen molar-refractivity contribution in [2.75, 3.05) is 20.8 Å². The number of benzene rings is 2. The van der Waals surface area contributed by atoms with Crippen molar-refractivity contribution in [3.63, 3.8) is 0 Å². The van der Waals surface area contributed by atoms with E-state index in [4.69, 9.17) is 14.2 Å². The number of esters is 1. The van der Waals surface area contributed by atoms with Gasteiger partial charge in [0.2, 0.25) is 0 Å². The van der Waals surface area contributed by atoms with Crippen LogP contribution >= 0.6 is 11.3 Å². The fourth-order valence-corrected chi connectivity index (χ4v) is 5.61. The van der Waals surface area contributed by atoms with Crippen LogP contribution < -0.4 is 24.4 Å². The molecule has 0 saturated carbocycles. The molecule has 0 spiro atoms. The van der Waals surface area contributed by atoms with Crippen LogP contribution in [-0.2, 0) is 9.53 Å². The average Bonchev–Trinajstić information content (AvgIpc) is 3.21. The molecule has 3 heterocycles. The van der Waals surface area contributed by atoms with Crippen LogP contribution in [0.4, 0.5) is 0 Å². The monoisotopic (exact) mass is 515 g/mol. The van der Waals surface area contributed by atoms with Crippen LogP contribution in [0.5, 0.6) is 11.5 Å². The van der Waals surface area contributed by atoms with E-state index in [9.17, 15) is 9.59 Å². The van der Waals surface area contributed by atoms with E-state index in [1.807, 2.05) is 42.5 Å². The first-order chi connectivity index (χ1) is 18.0. The molecule has 2 aromatic carbocycles. The lowest BCUT2D eigenvalue weighted by molar-refractivity contribution is -0.139. The molecule has 8 nitrogen and oxygen atoms in total. The average molecular weight is 516 g/mol. The number of carbonyl (C=O) groups excluding carboxylic acids is 1. The third-order valence-electron chi connectivity index (χ3n) is 6.22. The Morgan fingerprint density at radius 1 is 1.16 bits per heavy atom. The molecule has 0 N–H and O–H groups in total. The summed E-state index contributed by atoms with van der Waals surface area (Å²) in [7, 11) is 3.16. The number of hydrogen-bond donors (Lipinski definition) is 0. The number of carbonyl (C=O) groups is 1. The molecule has 0 saturated heterocycles. The van der Waals surface area contributed by atoms with Gasteiger partial charge in [-0.3, -0.25) is 14.3 Å². The molecule has 0 unspecified atom stereocenters. The largest absolute Gasteiger partial charge is 0.497 e. The van der Waals surface area contributed by atoms with E-state index in [-0.39, 0.29) is 17.7 Å². The number of allylic oxidation sites excluding steroid dienone is 1. The zero-order valence-electron chi connectivity index (χ0n) is 20.8. The molecule has 0 radical (unpaired) electrons. The summed E-state index contributed by atoms with van der Waals surface area (Å²) >= 11 is 1.26. The van der Waals surface area contributed by atoms with E-state index < -0.39 is 12.0 Å². The van der Waals surface area contributed by atoms with Crippen LogP contribution in [0.2, 0.25) is 0 Å². The van der Waals surface area contributed by atoms with Gasteiger partial charge in [-0.25, -0.2) is 9.79 Å². The van der Waals surface area contributed by atoms with Crippen LogP contribution in [0.1, 0.15) is 31.0 Å². The highest BCUT2D eigenvalue weighted by Crippen LogP contribution is 2.41. The van der Waals surface area contributed by atoms with Crippen molar-refractivity contribution in [1.29, 1.82) is 0 Å². The molecule has 1 aliphatic heterocycles. The predicted molar refractivity (Wildman–Crippen MR) is 142 cm³/mol. The molecule has 188 valence electrons. The number of ether oxygens (including phenoxy) is 3. The highest BCUT2D eigenvalue weighted by atomic mass is 32.1. The molecule has 0 aliphatic carbocycles. The third kappa shape index (κ3) is 4.31. The minimum atomic E-state index is -0.822. The van der Waals surface area contributed by atoms with Gasteiger partial charge in [-0.2, -0.15) is 0 Å². The van der Waals surface area contributed by atoms with Gasteiger partial charge in [-0.1, -0.05) is 29.5 Å². The number of rotatable bonds is 6. The lowest BCUT2D eigenvalue weighted by atomic mass is 9.90. The second-order valence-corrected chi connectivity index (χ2v) is 9.37. The Hall–Kier alpha value is -4.24. The van der Waals surface area contributed by atoms with Gasteiger partial charge in [0.25, 0.3) is 5.56 Å². The van der Waals surface area contributed by atoms with Gasteiger partial charge in [0.15, 0.2) is 4.80 Å². The smallest absolute Gasteiger partial charge is 0.338 e. The fourth-order valence-electron chi connectivity index (χ4n) is 4.57. The number of pyridine rings is 1. The maximum atomic E-state index is 13.9. The van der Waals surface area contributed by atoms with Crippen LogP contribution in [0.3, 0.4) is 0 Å². The molecule has 0 amide bonds. The van der Waals surface area contributed by atoms with Gasteiger partial charge in [0.05, 0.1) is 36.6 Å². The molecule has 1 atom stereocenters.